The summed E-state index contributed by atoms with van der Waals surface area (Å²) in [6, 6.07) is 12.4. The standard InChI is InChI=1S/C21H20F3N5O/c1-29-27-19(26-28-29)14-7-5-13(6-8-14)18(15-9-10-21(23,24)12-15)20(30)25-17-4-2-3-16(22)11-17/h2-8,11,15,18H,9-10,12H2,1H3,(H,25,30). The van der Waals surface area contributed by atoms with E-state index in [9.17, 15) is 18.0 Å². The van der Waals surface area contributed by atoms with Crippen LogP contribution in [0.4, 0.5) is 18.9 Å². The third-order valence-electron chi connectivity index (χ3n) is 5.32. The first-order chi connectivity index (χ1) is 14.3. The Morgan fingerprint density at radius 1 is 1.23 bits per heavy atom. The zero-order valence-corrected chi connectivity index (χ0v) is 16.2. The van der Waals surface area contributed by atoms with E-state index in [-0.39, 0.29) is 24.9 Å². The molecule has 30 heavy (non-hydrogen) atoms. The second-order valence-electron chi connectivity index (χ2n) is 7.56. The Balaban J connectivity index is 1.62. The first-order valence-corrected chi connectivity index (χ1v) is 9.59. The van der Waals surface area contributed by atoms with Gasteiger partial charge in [0.1, 0.15) is 5.82 Å². The number of tetrazole rings is 1. The van der Waals surface area contributed by atoms with Gasteiger partial charge in [-0.2, -0.15) is 4.80 Å². The van der Waals surface area contributed by atoms with Crippen LogP contribution in [0.1, 0.15) is 30.7 Å². The molecular formula is C21H20F3N5O. The SMILES string of the molecule is Cn1nnc(-c2ccc(C(C(=O)Nc3cccc(F)c3)C3CCC(F)(F)C3)cc2)n1. The molecule has 1 heterocycles. The molecule has 1 N–H and O–H groups in total. The minimum atomic E-state index is -2.79. The van der Waals surface area contributed by atoms with Gasteiger partial charge in [0.15, 0.2) is 0 Å². The van der Waals surface area contributed by atoms with Gasteiger partial charge in [-0.15, -0.1) is 10.2 Å². The molecule has 0 saturated heterocycles. The molecule has 1 fully saturated rings. The van der Waals surface area contributed by atoms with E-state index in [1.54, 1.807) is 37.4 Å². The molecule has 0 spiro atoms. The molecule has 1 aromatic heterocycles. The minimum Gasteiger partial charge on any atom is -0.325 e. The van der Waals surface area contributed by atoms with Crippen LogP contribution in [0.5, 0.6) is 0 Å². The predicted molar refractivity (Wildman–Crippen MR) is 104 cm³/mol. The molecule has 2 aromatic carbocycles. The fourth-order valence-electron chi connectivity index (χ4n) is 3.93. The molecule has 1 amide bonds. The summed E-state index contributed by atoms with van der Waals surface area (Å²) in [6.45, 7) is 0. The summed E-state index contributed by atoms with van der Waals surface area (Å²) in [5.74, 6) is -4.59. The number of rotatable bonds is 5. The van der Waals surface area contributed by atoms with Gasteiger partial charge in [0.25, 0.3) is 0 Å². The molecule has 9 heteroatoms. The maximum Gasteiger partial charge on any atom is 0.248 e. The average Bonchev–Trinajstić information content (AvgIpc) is 3.28. The fourth-order valence-corrected chi connectivity index (χ4v) is 3.93. The number of carbonyl (C=O) groups excluding carboxylic acids is 1. The van der Waals surface area contributed by atoms with E-state index in [2.05, 4.69) is 20.7 Å². The van der Waals surface area contributed by atoms with Crippen LogP contribution < -0.4 is 5.32 Å². The van der Waals surface area contributed by atoms with Crippen molar-refractivity contribution < 1.29 is 18.0 Å². The summed E-state index contributed by atoms with van der Waals surface area (Å²) in [6.07, 6.45) is -0.369. The number of anilines is 1. The topological polar surface area (TPSA) is 72.7 Å². The van der Waals surface area contributed by atoms with Crippen molar-refractivity contribution in [2.75, 3.05) is 5.32 Å². The van der Waals surface area contributed by atoms with Crippen LogP contribution >= 0.6 is 0 Å². The number of amides is 1. The zero-order valence-electron chi connectivity index (χ0n) is 16.2. The second kappa shape index (κ2) is 7.89. The molecule has 4 rings (SSSR count). The molecule has 1 aliphatic carbocycles. The van der Waals surface area contributed by atoms with Crippen LogP contribution in [-0.4, -0.2) is 32.0 Å². The van der Waals surface area contributed by atoms with Gasteiger partial charge < -0.3 is 5.32 Å². The van der Waals surface area contributed by atoms with Crippen molar-refractivity contribution in [3.8, 4) is 11.4 Å². The lowest BCUT2D eigenvalue weighted by Crippen LogP contribution is -2.27. The zero-order chi connectivity index (χ0) is 21.3. The van der Waals surface area contributed by atoms with E-state index in [4.69, 9.17) is 0 Å². The van der Waals surface area contributed by atoms with Gasteiger partial charge in [0.2, 0.25) is 17.7 Å². The van der Waals surface area contributed by atoms with Crippen LogP contribution in [0.2, 0.25) is 0 Å². The monoisotopic (exact) mass is 415 g/mol. The van der Waals surface area contributed by atoms with Crippen LogP contribution in [0.25, 0.3) is 11.4 Å². The average molecular weight is 415 g/mol. The van der Waals surface area contributed by atoms with Crippen LogP contribution in [0.15, 0.2) is 48.5 Å². The van der Waals surface area contributed by atoms with E-state index in [0.29, 0.717) is 17.0 Å². The van der Waals surface area contributed by atoms with Crippen molar-refractivity contribution in [3.63, 3.8) is 0 Å². The number of halogens is 3. The van der Waals surface area contributed by atoms with Crippen molar-refractivity contribution in [2.24, 2.45) is 13.0 Å². The summed E-state index contributed by atoms with van der Waals surface area (Å²) in [5, 5.41) is 14.5. The highest BCUT2D eigenvalue weighted by Gasteiger charge is 2.45. The van der Waals surface area contributed by atoms with Gasteiger partial charge >= 0.3 is 0 Å². The molecule has 0 radical (unpaired) electrons. The van der Waals surface area contributed by atoms with Crippen molar-refractivity contribution in [2.45, 2.75) is 31.1 Å². The van der Waals surface area contributed by atoms with Crippen LogP contribution in [0.3, 0.4) is 0 Å². The summed E-state index contributed by atoms with van der Waals surface area (Å²) in [4.78, 5) is 14.4. The summed E-state index contributed by atoms with van der Waals surface area (Å²) in [7, 11) is 1.65. The molecule has 2 unspecified atom stereocenters. The lowest BCUT2D eigenvalue weighted by molar-refractivity contribution is -0.118. The minimum absolute atomic E-state index is 0.238. The molecule has 2 atom stereocenters. The maximum atomic E-state index is 13.9. The van der Waals surface area contributed by atoms with Crippen LogP contribution in [-0.2, 0) is 11.8 Å². The van der Waals surface area contributed by atoms with Gasteiger partial charge in [-0.05, 0) is 41.3 Å². The summed E-state index contributed by atoms with van der Waals surface area (Å²) in [5.41, 5.74) is 1.60. The van der Waals surface area contributed by atoms with E-state index in [1.807, 2.05) is 0 Å². The Morgan fingerprint density at radius 2 is 2.00 bits per heavy atom. The van der Waals surface area contributed by atoms with E-state index in [0.717, 1.165) is 0 Å². The van der Waals surface area contributed by atoms with Crippen molar-refractivity contribution >= 4 is 11.6 Å². The van der Waals surface area contributed by atoms with Gasteiger partial charge in [0.05, 0.1) is 13.0 Å². The Morgan fingerprint density at radius 3 is 2.60 bits per heavy atom. The number of hydrogen-bond acceptors (Lipinski definition) is 4. The highest BCUT2D eigenvalue weighted by molar-refractivity contribution is 5.96. The third kappa shape index (κ3) is 4.34. The molecule has 6 nitrogen and oxygen atoms in total. The number of hydrogen-bond donors (Lipinski definition) is 1. The van der Waals surface area contributed by atoms with E-state index < -0.39 is 29.5 Å². The molecule has 156 valence electrons. The van der Waals surface area contributed by atoms with Gasteiger partial charge in [-0.3, -0.25) is 4.79 Å². The highest BCUT2D eigenvalue weighted by Crippen LogP contribution is 2.46. The quantitative estimate of drug-likeness (QED) is 0.679. The lowest BCUT2D eigenvalue weighted by Gasteiger charge is -2.23. The van der Waals surface area contributed by atoms with Crippen molar-refractivity contribution in [1.29, 1.82) is 0 Å². The van der Waals surface area contributed by atoms with Crippen molar-refractivity contribution in [3.05, 3.63) is 59.9 Å². The number of nitrogens with one attached hydrogen (secondary N) is 1. The normalized spacial score (nSPS) is 18.9. The van der Waals surface area contributed by atoms with Gasteiger partial charge in [-0.1, -0.05) is 30.3 Å². The number of alkyl halides is 2. The number of nitrogens with zero attached hydrogens (tertiary/aromatic N) is 4. The van der Waals surface area contributed by atoms with Crippen LogP contribution in [0, 0.1) is 11.7 Å². The molecule has 0 aliphatic heterocycles. The Labute approximate surface area is 171 Å². The van der Waals surface area contributed by atoms with Gasteiger partial charge in [0, 0.05) is 24.1 Å². The first kappa shape index (κ1) is 20.1. The first-order valence-electron chi connectivity index (χ1n) is 9.59. The molecule has 0 bridgehead atoms. The molecule has 1 aliphatic rings. The van der Waals surface area contributed by atoms with Crippen molar-refractivity contribution in [1.82, 2.24) is 20.2 Å². The number of benzene rings is 2. The maximum absolute atomic E-state index is 13.9. The second-order valence-corrected chi connectivity index (χ2v) is 7.56. The Hall–Kier alpha value is -3.23. The third-order valence-corrected chi connectivity index (χ3v) is 5.32. The van der Waals surface area contributed by atoms with E-state index in [1.165, 1.54) is 23.0 Å². The molecule has 1 saturated carbocycles. The highest BCUT2D eigenvalue weighted by atomic mass is 19.3. The number of carbonyl (C=O) groups is 1. The largest absolute Gasteiger partial charge is 0.325 e. The lowest BCUT2D eigenvalue weighted by atomic mass is 9.83. The number of aromatic nitrogens is 4. The number of aryl methyl sites for hydroxylation is 1. The predicted octanol–water partition coefficient (Wildman–Crippen LogP) is 4.17. The Bertz CT molecular complexity index is 1050. The summed E-state index contributed by atoms with van der Waals surface area (Å²) < 4.78 is 41.3. The van der Waals surface area contributed by atoms with Gasteiger partial charge in [-0.25, -0.2) is 13.2 Å². The molecular weight excluding hydrogens is 395 g/mol. The summed E-state index contributed by atoms with van der Waals surface area (Å²) >= 11 is 0. The van der Waals surface area contributed by atoms with E-state index >= 15 is 0 Å². The fraction of sp³-hybridized carbons (Fsp3) is 0.333. The molecule has 3 aromatic rings. The Kier molecular flexibility index (Phi) is 5.27. The smallest absolute Gasteiger partial charge is 0.248 e.